The van der Waals surface area contributed by atoms with Crippen molar-refractivity contribution in [3.63, 3.8) is 0 Å². The number of hydrogen-bond donors (Lipinski definition) is 1. The summed E-state index contributed by atoms with van der Waals surface area (Å²) in [5.74, 6) is -0.624. The van der Waals surface area contributed by atoms with Crippen LogP contribution in [0.15, 0.2) is 53.1 Å². The summed E-state index contributed by atoms with van der Waals surface area (Å²) in [6.07, 6.45) is 1.67. The van der Waals surface area contributed by atoms with Crippen LogP contribution in [0, 0.1) is 6.92 Å². The predicted octanol–water partition coefficient (Wildman–Crippen LogP) is 5.84. The Morgan fingerprint density at radius 2 is 1.66 bits per heavy atom. The number of phenolic OH excluding ortho intramolecular Hbond substituents is 1. The minimum atomic E-state index is -0.533. The number of halogens is 1. The summed E-state index contributed by atoms with van der Waals surface area (Å²) in [6, 6.07) is 12.5. The van der Waals surface area contributed by atoms with E-state index >= 15 is 0 Å². The molecule has 2 aromatic carbocycles. The lowest BCUT2D eigenvalue weighted by Crippen LogP contribution is -2.10. The Balaban J connectivity index is 2.03. The molecule has 0 aliphatic heterocycles. The molecule has 35 heavy (non-hydrogen) atoms. The number of ether oxygens (including phenoxy) is 3. The van der Waals surface area contributed by atoms with E-state index in [0.29, 0.717) is 11.1 Å². The first-order chi connectivity index (χ1) is 16.7. The highest BCUT2D eigenvalue weighted by molar-refractivity contribution is 9.10. The second-order valence-corrected chi connectivity index (χ2v) is 8.83. The fourth-order valence-electron chi connectivity index (χ4n) is 4.31. The van der Waals surface area contributed by atoms with Gasteiger partial charge in [-0.3, -0.25) is 9.59 Å². The summed E-state index contributed by atoms with van der Waals surface area (Å²) in [5.41, 5.74) is 3.87. The van der Waals surface area contributed by atoms with E-state index in [-0.39, 0.29) is 39.9 Å². The number of rotatable bonds is 7. The van der Waals surface area contributed by atoms with E-state index in [1.165, 1.54) is 34.3 Å². The van der Waals surface area contributed by atoms with Gasteiger partial charge in [0.15, 0.2) is 17.3 Å². The molecule has 1 N–H and O–H groups in total. The van der Waals surface area contributed by atoms with Crippen molar-refractivity contribution in [2.75, 3.05) is 21.3 Å². The number of fused-ring (bicyclic) bond motifs is 1. The van der Waals surface area contributed by atoms with Gasteiger partial charge < -0.3 is 23.7 Å². The zero-order valence-corrected chi connectivity index (χ0v) is 21.5. The summed E-state index contributed by atoms with van der Waals surface area (Å²) in [7, 11) is 4.21. The molecule has 0 spiro atoms. The van der Waals surface area contributed by atoms with Gasteiger partial charge in [0.1, 0.15) is 11.3 Å². The third-order valence-electron chi connectivity index (χ3n) is 5.88. The van der Waals surface area contributed by atoms with Crippen molar-refractivity contribution in [2.45, 2.75) is 13.8 Å². The van der Waals surface area contributed by atoms with Crippen LogP contribution in [0.25, 0.3) is 16.8 Å². The Labute approximate surface area is 211 Å². The van der Waals surface area contributed by atoms with Crippen molar-refractivity contribution in [2.24, 2.45) is 0 Å². The second kappa shape index (κ2) is 9.46. The molecular formula is C27H24BrNO6. The molecule has 0 amide bonds. The second-order valence-electron chi connectivity index (χ2n) is 7.98. The Kier molecular flexibility index (Phi) is 6.58. The van der Waals surface area contributed by atoms with Gasteiger partial charge in [0.25, 0.3) is 0 Å². The molecule has 0 radical (unpaired) electrons. The molecule has 0 unspecified atom stereocenters. The first-order valence-corrected chi connectivity index (χ1v) is 11.5. The van der Waals surface area contributed by atoms with E-state index < -0.39 is 5.78 Å². The molecule has 0 aliphatic rings. The van der Waals surface area contributed by atoms with Crippen LogP contribution in [0.2, 0.25) is 0 Å². The van der Waals surface area contributed by atoms with Crippen LogP contribution in [0.3, 0.4) is 0 Å². The maximum atomic E-state index is 13.8. The van der Waals surface area contributed by atoms with Gasteiger partial charge in [0.2, 0.25) is 11.5 Å². The maximum absolute atomic E-state index is 13.8. The standard InChI is InChI=1S/C27H24BrNO6/c1-14-10-20-18(15(2)30)11-16(13-29(20)24(14)17-8-6-7-9-19(17)28)25(32)23-21(31)12-22(33-3)26(34-4)27(23)35-5/h6-13,31H,1-5H3. The topological polar surface area (TPSA) is 86.5 Å². The molecule has 0 fully saturated rings. The van der Waals surface area contributed by atoms with Gasteiger partial charge in [0.05, 0.1) is 32.5 Å². The number of aromatic hydroxyl groups is 1. The van der Waals surface area contributed by atoms with Crippen LogP contribution >= 0.6 is 15.9 Å². The molecule has 0 saturated heterocycles. The van der Waals surface area contributed by atoms with E-state index in [4.69, 9.17) is 14.2 Å². The predicted molar refractivity (Wildman–Crippen MR) is 136 cm³/mol. The van der Waals surface area contributed by atoms with Gasteiger partial charge in [-0.15, -0.1) is 0 Å². The number of benzene rings is 2. The lowest BCUT2D eigenvalue weighted by molar-refractivity contribution is 0.101. The number of nitrogens with zero attached hydrogens (tertiary/aromatic N) is 1. The van der Waals surface area contributed by atoms with E-state index in [2.05, 4.69) is 15.9 Å². The highest BCUT2D eigenvalue weighted by atomic mass is 79.9. The monoisotopic (exact) mass is 537 g/mol. The van der Waals surface area contributed by atoms with Crippen LogP contribution in [0.4, 0.5) is 0 Å². The number of Topliss-reactive ketones (excluding diaryl/α,β-unsaturated/α-hetero) is 1. The number of phenols is 1. The summed E-state index contributed by atoms with van der Waals surface area (Å²) in [6.45, 7) is 3.41. The van der Waals surface area contributed by atoms with Crippen molar-refractivity contribution >= 4 is 33.0 Å². The summed E-state index contributed by atoms with van der Waals surface area (Å²) in [5, 5.41) is 10.7. The molecule has 4 aromatic rings. The van der Waals surface area contributed by atoms with E-state index in [1.807, 2.05) is 41.7 Å². The zero-order valence-electron chi connectivity index (χ0n) is 19.9. The van der Waals surface area contributed by atoms with E-state index in [9.17, 15) is 14.7 Å². The normalized spacial score (nSPS) is 10.9. The highest BCUT2D eigenvalue weighted by Gasteiger charge is 2.28. The van der Waals surface area contributed by atoms with Gasteiger partial charge >= 0.3 is 0 Å². The third-order valence-corrected chi connectivity index (χ3v) is 6.57. The molecule has 2 aromatic heterocycles. The Bertz CT molecular complexity index is 1490. The fraction of sp³-hybridized carbons (Fsp3) is 0.185. The SMILES string of the molecule is COc1cc(O)c(C(=O)c2cc(C(C)=O)c3cc(C)c(-c4ccccc4Br)n3c2)c(OC)c1OC. The number of carbonyl (C=O) groups excluding carboxylic acids is 2. The average Bonchev–Trinajstić information content (AvgIpc) is 3.17. The first-order valence-electron chi connectivity index (χ1n) is 10.7. The number of aryl methyl sites for hydroxylation is 1. The van der Waals surface area contributed by atoms with Crippen LogP contribution in [0.5, 0.6) is 23.0 Å². The van der Waals surface area contributed by atoms with E-state index in [1.54, 1.807) is 12.3 Å². The average molecular weight is 538 g/mol. The van der Waals surface area contributed by atoms with Gasteiger partial charge in [-0.25, -0.2) is 0 Å². The Morgan fingerprint density at radius 3 is 2.26 bits per heavy atom. The number of pyridine rings is 1. The Hall–Kier alpha value is -3.78. The molecule has 0 aliphatic carbocycles. The highest BCUT2D eigenvalue weighted by Crippen LogP contribution is 2.45. The number of methoxy groups -OCH3 is 3. The zero-order chi connectivity index (χ0) is 25.4. The number of hydrogen-bond acceptors (Lipinski definition) is 6. The fourth-order valence-corrected chi connectivity index (χ4v) is 4.78. The molecular weight excluding hydrogens is 514 g/mol. The Morgan fingerprint density at radius 1 is 0.971 bits per heavy atom. The van der Waals surface area contributed by atoms with Crippen molar-refractivity contribution in [1.82, 2.24) is 4.40 Å². The summed E-state index contributed by atoms with van der Waals surface area (Å²) < 4.78 is 18.8. The summed E-state index contributed by atoms with van der Waals surface area (Å²) in [4.78, 5) is 26.4. The number of aromatic nitrogens is 1. The van der Waals surface area contributed by atoms with Gasteiger partial charge in [0, 0.05) is 33.4 Å². The molecule has 4 rings (SSSR count). The van der Waals surface area contributed by atoms with Crippen LogP contribution in [0.1, 0.15) is 38.8 Å². The van der Waals surface area contributed by atoms with Gasteiger partial charge in [-0.2, -0.15) is 0 Å². The lowest BCUT2D eigenvalue weighted by atomic mass is 9.99. The van der Waals surface area contributed by atoms with Crippen LogP contribution in [-0.4, -0.2) is 42.4 Å². The quantitative estimate of drug-likeness (QED) is 0.298. The van der Waals surface area contributed by atoms with Crippen molar-refractivity contribution in [1.29, 1.82) is 0 Å². The largest absolute Gasteiger partial charge is 0.507 e. The minimum Gasteiger partial charge on any atom is -0.507 e. The van der Waals surface area contributed by atoms with Crippen molar-refractivity contribution in [3.05, 3.63) is 75.4 Å². The molecule has 7 nitrogen and oxygen atoms in total. The number of carbonyl (C=O) groups is 2. The van der Waals surface area contributed by atoms with Gasteiger partial charge in [-0.05, 0) is 37.6 Å². The van der Waals surface area contributed by atoms with Crippen LogP contribution in [-0.2, 0) is 0 Å². The van der Waals surface area contributed by atoms with Crippen molar-refractivity contribution < 1.29 is 28.9 Å². The minimum absolute atomic E-state index is 0.0357. The molecule has 180 valence electrons. The summed E-state index contributed by atoms with van der Waals surface area (Å²) >= 11 is 3.60. The van der Waals surface area contributed by atoms with E-state index in [0.717, 1.165) is 21.3 Å². The maximum Gasteiger partial charge on any atom is 0.204 e. The van der Waals surface area contributed by atoms with Crippen LogP contribution < -0.4 is 14.2 Å². The molecule has 0 saturated carbocycles. The molecule has 0 bridgehead atoms. The van der Waals surface area contributed by atoms with Crippen molar-refractivity contribution in [3.8, 4) is 34.3 Å². The molecule has 0 atom stereocenters. The molecule has 8 heteroatoms. The third kappa shape index (κ3) is 4.04. The van der Waals surface area contributed by atoms with Gasteiger partial charge in [-0.1, -0.05) is 34.1 Å². The first kappa shape index (κ1) is 24.3. The lowest BCUT2D eigenvalue weighted by Gasteiger charge is -2.17. The number of ketones is 2. The molecule has 2 heterocycles. The smallest absolute Gasteiger partial charge is 0.204 e.